The maximum atomic E-state index is 12.6. The van der Waals surface area contributed by atoms with E-state index in [2.05, 4.69) is 4.98 Å². The van der Waals surface area contributed by atoms with Gasteiger partial charge in [0, 0.05) is 42.2 Å². The summed E-state index contributed by atoms with van der Waals surface area (Å²) in [5, 5.41) is 0.971. The molecular weight excluding hydrogens is 266 g/mol. The van der Waals surface area contributed by atoms with Crippen LogP contribution < -0.4 is 5.73 Å². The Morgan fingerprint density at radius 1 is 1.48 bits per heavy atom. The largest absolute Gasteiger partial charge is 0.399 e. The van der Waals surface area contributed by atoms with Crippen LogP contribution in [0.4, 0.5) is 5.69 Å². The number of H-pyrrole nitrogens is 1. The van der Waals surface area contributed by atoms with Crippen LogP contribution in [0.15, 0.2) is 24.3 Å². The van der Waals surface area contributed by atoms with Crippen molar-refractivity contribution in [3.63, 3.8) is 0 Å². The Morgan fingerprint density at radius 2 is 2.33 bits per heavy atom. The van der Waals surface area contributed by atoms with E-state index < -0.39 is 0 Å². The second kappa shape index (κ2) is 5.77. The van der Waals surface area contributed by atoms with E-state index in [1.54, 1.807) is 0 Å². The first-order chi connectivity index (χ1) is 10.2. The summed E-state index contributed by atoms with van der Waals surface area (Å²) in [6.07, 6.45) is 1.03. The highest BCUT2D eigenvalue weighted by atomic mass is 16.5. The van der Waals surface area contributed by atoms with Crippen LogP contribution in [0.1, 0.15) is 23.8 Å². The van der Waals surface area contributed by atoms with Gasteiger partial charge < -0.3 is 20.4 Å². The van der Waals surface area contributed by atoms with Crippen LogP contribution in [-0.2, 0) is 4.74 Å². The van der Waals surface area contributed by atoms with E-state index >= 15 is 0 Å². The summed E-state index contributed by atoms with van der Waals surface area (Å²) in [5.74, 6) is 0.494. The predicted octanol–water partition coefficient (Wildman–Crippen LogP) is 2.25. The van der Waals surface area contributed by atoms with Crippen LogP contribution >= 0.6 is 0 Å². The number of benzene rings is 1. The maximum absolute atomic E-state index is 12.6. The van der Waals surface area contributed by atoms with Crippen molar-refractivity contribution in [2.24, 2.45) is 5.92 Å². The van der Waals surface area contributed by atoms with Gasteiger partial charge in [0.05, 0.1) is 6.61 Å². The molecule has 0 aliphatic carbocycles. The topological polar surface area (TPSA) is 71.3 Å². The lowest BCUT2D eigenvalue weighted by Gasteiger charge is -2.23. The van der Waals surface area contributed by atoms with E-state index in [1.165, 1.54) is 0 Å². The molecule has 2 heterocycles. The van der Waals surface area contributed by atoms with Crippen molar-refractivity contribution in [1.82, 2.24) is 9.88 Å². The van der Waals surface area contributed by atoms with Crippen LogP contribution in [0.2, 0.25) is 0 Å². The first-order valence-electron chi connectivity index (χ1n) is 7.42. The zero-order valence-corrected chi connectivity index (χ0v) is 12.3. The number of carbonyl (C=O) groups is 1. The van der Waals surface area contributed by atoms with Crippen molar-refractivity contribution in [1.29, 1.82) is 0 Å². The second-order valence-corrected chi connectivity index (χ2v) is 5.60. The van der Waals surface area contributed by atoms with Crippen LogP contribution in [0.5, 0.6) is 0 Å². The van der Waals surface area contributed by atoms with Crippen molar-refractivity contribution in [2.45, 2.75) is 13.3 Å². The lowest BCUT2D eigenvalue weighted by molar-refractivity contribution is 0.0726. The van der Waals surface area contributed by atoms with Gasteiger partial charge in [0.25, 0.3) is 5.91 Å². The fraction of sp³-hybridized carbons (Fsp3) is 0.438. The number of fused-ring (bicyclic) bond motifs is 1. The lowest BCUT2D eigenvalue weighted by atomic mass is 10.1. The fourth-order valence-corrected chi connectivity index (χ4v) is 2.83. The normalized spacial score (nSPS) is 18.2. The van der Waals surface area contributed by atoms with Gasteiger partial charge in [-0.1, -0.05) is 0 Å². The number of ether oxygens (including phenoxy) is 1. The Balaban J connectivity index is 1.80. The molecule has 0 bridgehead atoms. The van der Waals surface area contributed by atoms with Gasteiger partial charge in [-0.2, -0.15) is 0 Å². The minimum atomic E-state index is 0.0409. The molecule has 1 unspecified atom stereocenters. The number of hydrogen-bond donors (Lipinski definition) is 2. The minimum absolute atomic E-state index is 0.0409. The first-order valence-corrected chi connectivity index (χ1v) is 7.42. The molecule has 0 spiro atoms. The highest BCUT2D eigenvalue weighted by molar-refractivity contribution is 5.98. The van der Waals surface area contributed by atoms with E-state index in [0.717, 1.165) is 37.1 Å². The standard InChI is InChI=1S/C16H21N3O2/c1-2-19(9-11-5-6-21-10-11)16(20)15-8-12-7-13(17)3-4-14(12)18-15/h3-4,7-8,11,18H,2,5-6,9-10,17H2,1H3. The van der Waals surface area contributed by atoms with Gasteiger partial charge in [-0.3, -0.25) is 4.79 Å². The van der Waals surface area contributed by atoms with Gasteiger partial charge in [0.15, 0.2) is 0 Å². The van der Waals surface area contributed by atoms with Gasteiger partial charge in [0.1, 0.15) is 5.69 Å². The Bertz CT molecular complexity index is 644. The number of nitrogens with two attached hydrogens (primary N) is 1. The van der Waals surface area contributed by atoms with Crippen LogP contribution in [0.25, 0.3) is 10.9 Å². The molecule has 21 heavy (non-hydrogen) atoms. The Labute approximate surface area is 124 Å². The summed E-state index contributed by atoms with van der Waals surface area (Å²) in [7, 11) is 0. The van der Waals surface area contributed by atoms with Gasteiger partial charge in [0.2, 0.25) is 0 Å². The van der Waals surface area contributed by atoms with Crippen molar-refractivity contribution in [3.05, 3.63) is 30.0 Å². The fourth-order valence-electron chi connectivity index (χ4n) is 2.83. The number of rotatable bonds is 4. The third-order valence-corrected chi connectivity index (χ3v) is 4.05. The Morgan fingerprint density at radius 3 is 3.05 bits per heavy atom. The molecule has 1 amide bonds. The molecule has 0 radical (unpaired) electrons. The number of nitrogens with one attached hydrogen (secondary N) is 1. The van der Waals surface area contributed by atoms with E-state index in [9.17, 15) is 4.79 Å². The van der Waals surface area contributed by atoms with Gasteiger partial charge >= 0.3 is 0 Å². The average Bonchev–Trinajstić information content (AvgIpc) is 3.12. The third-order valence-electron chi connectivity index (χ3n) is 4.05. The molecule has 1 saturated heterocycles. The molecule has 1 aliphatic rings. The van der Waals surface area contributed by atoms with Crippen molar-refractivity contribution in [2.75, 3.05) is 32.0 Å². The molecule has 112 valence electrons. The van der Waals surface area contributed by atoms with Gasteiger partial charge in [-0.25, -0.2) is 0 Å². The highest BCUT2D eigenvalue weighted by Crippen LogP contribution is 2.20. The molecule has 1 aliphatic heterocycles. The number of anilines is 1. The summed E-state index contributed by atoms with van der Waals surface area (Å²) in [6, 6.07) is 7.49. The SMILES string of the molecule is CCN(CC1CCOC1)C(=O)c1cc2cc(N)ccc2[nH]1. The number of aromatic nitrogens is 1. The van der Waals surface area contributed by atoms with E-state index in [4.69, 9.17) is 10.5 Å². The third kappa shape index (κ3) is 2.88. The molecule has 0 saturated carbocycles. The Kier molecular flexibility index (Phi) is 3.84. The predicted molar refractivity (Wildman–Crippen MR) is 83.2 cm³/mol. The van der Waals surface area contributed by atoms with E-state index in [0.29, 0.717) is 23.8 Å². The number of hydrogen-bond acceptors (Lipinski definition) is 3. The summed E-state index contributed by atoms with van der Waals surface area (Å²) in [6.45, 7) is 5.03. The minimum Gasteiger partial charge on any atom is -0.399 e. The number of carbonyl (C=O) groups excluding carboxylic acids is 1. The van der Waals surface area contributed by atoms with Crippen LogP contribution in [-0.4, -0.2) is 42.1 Å². The quantitative estimate of drug-likeness (QED) is 0.847. The molecule has 1 atom stereocenters. The van der Waals surface area contributed by atoms with Crippen molar-refractivity contribution < 1.29 is 9.53 Å². The highest BCUT2D eigenvalue weighted by Gasteiger charge is 2.23. The number of aromatic amines is 1. The molecular formula is C16H21N3O2. The van der Waals surface area contributed by atoms with E-state index in [-0.39, 0.29) is 5.91 Å². The molecule has 1 aromatic carbocycles. The molecule has 1 fully saturated rings. The van der Waals surface area contributed by atoms with Crippen molar-refractivity contribution >= 4 is 22.5 Å². The molecule has 5 heteroatoms. The first kappa shape index (κ1) is 13.9. The summed E-state index contributed by atoms with van der Waals surface area (Å²) >= 11 is 0. The molecule has 5 nitrogen and oxygen atoms in total. The van der Waals surface area contributed by atoms with Gasteiger partial charge in [-0.15, -0.1) is 0 Å². The molecule has 1 aromatic heterocycles. The Hall–Kier alpha value is -2.01. The zero-order valence-electron chi connectivity index (χ0n) is 12.3. The average molecular weight is 287 g/mol. The number of nitrogens with zero attached hydrogens (tertiary/aromatic N) is 1. The second-order valence-electron chi connectivity index (χ2n) is 5.60. The van der Waals surface area contributed by atoms with Crippen LogP contribution in [0.3, 0.4) is 0 Å². The number of nitrogen functional groups attached to an aromatic ring is 1. The number of amides is 1. The molecule has 2 aromatic rings. The zero-order chi connectivity index (χ0) is 14.8. The summed E-state index contributed by atoms with van der Waals surface area (Å²) < 4.78 is 5.39. The summed E-state index contributed by atoms with van der Waals surface area (Å²) in [4.78, 5) is 17.7. The monoisotopic (exact) mass is 287 g/mol. The maximum Gasteiger partial charge on any atom is 0.270 e. The molecule has 3 N–H and O–H groups in total. The van der Waals surface area contributed by atoms with Gasteiger partial charge in [-0.05, 0) is 37.6 Å². The van der Waals surface area contributed by atoms with Crippen molar-refractivity contribution in [3.8, 4) is 0 Å². The van der Waals surface area contributed by atoms with E-state index in [1.807, 2.05) is 36.1 Å². The molecule has 3 rings (SSSR count). The van der Waals surface area contributed by atoms with Crippen LogP contribution in [0, 0.1) is 5.92 Å². The lowest BCUT2D eigenvalue weighted by Crippen LogP contribution is -2.35. The summed E-state index contributed by atoms with van der Waals surface area (Å²) in [5.41, 5.74) is 8.04. The smallest absolute Gasteiger partial charge is 0.270 e.